The Hall–Kier alpha value is -1.72. The lowest BCUT2D eigenvalue weighted by Gasteiger charge is -2.14. The summed E-state index contributed by atoms with van der Waals surface area (Å²) in [6.07, 6.45) is -1.20. The van der Waals surface area contributed by atoms with Gasteiger partial charge in [0.1, 0.15) is 0 Å². The first-order valence-electron chi connectivity index (χ1n) is 4.44. The number of hydrogen-bond donors (Lipinski definition) is 1. The molecule has 1 aromatic rings. The molecule has 2 amide bonds. The van der Waals surface area contributed by atoms with Gasteiger partial charge in [-0.1, -0.05) is 12.1 Å². The number of nitrogens with zero attached hydrogens (tertiary/aromatic N) is 1. The van der Waals surface area contributed by atoms with Crippen LogP contribution in [-0.2, 0) is 4.84 Å². The van der Waals surface area contributed by atoms with Gasteiger partial charge < -0.3 is 5.11 Å². The molecule has 1 heterocycles. The zero-order valence-electron chi connectivity index (χ0n) is 8.01. The first-order valence-corrected chi connectivity index (χ1v) is 4.44. The second-order valence-electron chi connectivity index (χ2n) is 3.15. The van der Waals surface area contributed by atoms with Crippen LogP contribution in [-0.4, -0.2) is 28.3 Å². The molecule has 0 saturated heterocycles. The Morgan fingerprint density at radius 1 is 1.20 bits per heavy atom. The van der Waals surface area contributed by atoms with E-state index in [1.54, 1.807) is 24.3 Å². The minimum absolute atomic E-state index is 0.295. The number of aliphatic hydroxyl groups is 1. The van der Waals surface area contributed by atoms with Gasteiger partial charge in [0.25, 0.3) is 11.8 Å². The highest BCUT2D eigenvalue weighted by Gasteiger charge is 2.37. The van der Waals surface area contributed by atoms with Crippen molar-refractivity contribution >= 4 is 11.8 Å². The van der Waals surface area contributed by atoms with Crippen LogP contribution < -0.4 is 0 Å². The molecule has 1 aliphatic heterocycles. The third kappa shape index (κ3) is 1.51. The van der Waals surface area contributed by atoms with Gasteiger partial charge in [-0.25, -0.2) is 4.84 Å². The second-order valence-corrected chi connectivity index (χ2v) is 3.15. The van der Waals surface area contributed by atoms with Crippen molar-refractivity contribution in [3.05, 3.63) is 35.4 Å². The highest BCUT2D eigenvalue weighted by atomic mass is 16.8. The van der Waals surface area contributed by atoms with Gasteiger partial charge in [-0.2, -0.15) is 0 Å². The van der Waals surface area contributed by atoms with E-state index in [1.807, 2.05) is 0 Å². The van der Waals surface area contributed by atoms with Crippen molar-refractivity contribution in [1.29, 1.82) is 0 Å². The van der Waals surface area contributed by atoms with E-state index >= 15 is 0 Å². The number of imide groups is 1. The van der Waals surface area contributed by atoms with Crippen LogP contribution in [0.1, 0.15) is 27.6 Å². The standard InChI is InChI=1S/C10H9NO4/c1-6(12)15-11-9(13)7-4-2-3-5-8(7)10(11)14/h2-6,12H,1H3. The summed E-state index contributed by atoms with van der Waals surface area (Å²) in [7, 11) is 0. The fourth-order valence-corrected chi connectivity index (χ4v) is 1.42. The summed E-state index contributed by atoms with van der Waals surface area (Å²) in [5, 5.41) is 9.54. The minimum atomic E-state index is -1.20. The molecule has 5 nitrogen and oxygen atoms in total. The molecule has 0 fully saturated rings. The van der Waals surface area contributed by atoms with Crippen LogP contribution in [0.25, 0.3) is 0 Å². The largest absolute Gasteiger partial charge is 0.366 e. The SMILES string of the molecule is CC(O)ON1C(=O)c2ccccc2C1=O. The first-order chi connectivity index (χ1) is 7.11. The number of amides is 2. The Morgan fingerprint density at radius 3 is 2.07 bits per heavy atom. The van der Waals surface area contributed by atoms with E-state index in [1.165, 1.54) is 6.92 Å². The fraction of sp³-hybridized carbons (Fsp3) is 0.200. The number of rotatable bonds is 2. The van der Waals surface area contributed by atoms with Crippen molar-refractivity contribution in [3.63, 3.8) is 0 Å². The average molecular weight is 207 g/mol. The third-order valence-electron chi connectivity index (χ3n) is 2.01. The molecule has 1 unspecified atom stereocenters. The number of carbonyl (C=O) groups is 2. The van der Waals surface area contributed by atoms with Crippen molar-refractivity contribution in [2.24, 2.45) is 0 Å². The average Bonchev–Trinajstić information content (AvgIpc) is 2.44. The monoisotopic (exact) mass is 207 g/mol. The summed E-state index contributed by atoms with van der Waals surface area (Å²) in [6, 6.07) is 6.41. The lowest BCUT2D eigenvalue weighted by molar-refractivity contribution is -0.202. The number of hydroxylamine groups is 2. The molecule has 0 aliphatic carbocycles. The van der Waals surface area contributed by atoms with Crippen LogP contribution in [0.15, 0.2) is 24.3 Å². The van der Waals surface area contributed by atoms with Gasteiger partial charge in [0, 0.05) is 0 Å². The molecular formula is C10H9NO4. The number of fused-ring (bicyclic) bond motifs is 1. The molecule has 0 bridgehead atoms. The quantitative estimate of drug-likeness (QED) is 0.568. The Labute approximate surface area is 85.8 Å². The smallest absolute Gasteiger partial charge is 0.285 e. The van der Waals surface area contributed by atoms with Crippen molar-refractivity contribution in [3.8, 4) is 0 Å². The Bertz CT molecular complexity index is 392. The summed E-state index contributed by atoms with van der Waals surface area (Å²) in [5.41, 5.74) is 0.589. The Balaban J connectivity index is 2.37. The Morgan fingerprint density at radius 2 is 1.67 bits per heavy atom. The summed E-state index contributed by atoms with van der Waals surface area (Å²) >= 11 is 0. The molecule has 15 heavy (non-hydrogen) atoms. The van der Waals surface area contributed by atoms with E-state index < -0.39 is 18.1 Å². The molecule has 5 heteroatoms. The number of benzene rings is 1. The number of carbonyl (C=O) groups excluding carboxylic acids is 2. The molecular weight excluding hydrogens is 198 g/mol. The fourth-order valence-electron chi connectivity index (χ4n) is 1.42. The maximum absolute atomic E-state index is 11.6. The molecule has 1 aromatic carbocycles. The van der Waals surface area contributed by atoms with Crippen molar-refractivity contribution < 1.29 is 19.5 Å². The summed E-state index contributed by atoms with van der Waals surface area (Å²) in [6.45, 7) is 1.32. The summed E-state index contributed by atoms with van der Waals surface area (Å²) in [5.74, 6) is -1.09. The van der Waals surface area contributed by atoms with E-state index in [0.717, 1.165) is 0 Å². The van der Waals surface area contributed by atoms with Gasteiger partial charge in [-0.15, -0.1) is 5.06 Å². The van der Waals surface area contributed by atoms with E-state index in [2.05, 4.69) is 0 Å². The van der Waals surface area contributed by atoms with Crippen LogP contribution in [0.3, 0.4) is 0 Å². The van der Waals surface area contributed by atoms with Gasteiger partial charge in [0.05, 0.1) is 11.1 Å². The second kappa shape index (κ2) is 3.45. The van der Waals surface area contributed by atoms with Crippen LogP contribution in [0.5, 0.6) is 0 Å². The number of aliphatic hydroxyl groups excluding tert-OH is 1. The lowest BCUT2D eigenvalue weighted by atomic mass is 10.1. The van der Waals surface area contributed by atoms with Crippen LogP contribution in [0.2, 0.25) is 0 Å². The zero-order valence-corrected chi connectivity index (χ0v) is 8.01. The molecule has 78 valence electrons. The molecule has 1 N–H and O–H groups in total. The van der Waals surface area contributed by atoms with Gasteiger partial charge >= 0.3 is 0 Å². The number of hydrogen-bond acceptors (Lipinski definition) is 4. The summed E-state index contributed by atoms with van der Waals surface area (Å²) in [4.78, 5) is 27.9. The normalized spacial score (nSPS) is 16.8. The highest BCUT2D eigenvalue weighted by Crippen LogP contribution is 2.22. The highest BCUT2D eigenvalue weighted by molar-refractivity contribution is 6.20. The molecule has 0 saturated carbocycles. The lowest BCUT2D eigenvalue weighted by Crippen LogP contribution is -2.33. The van der Waals surface area contributed by atoms with Crippen molar-refractivity contribution in [2.45, 2.75) is 13.2 Å². The van der Waals surface area contributed by atoms with Gasteiger partial charge in [-0.3, -0.25) is 9.59 Å². The molecule has 1 atom stereocenters. The molecule has 1 aliphatic rings. The van der Waals surface area contributed by atoms with Gasteiger partial charge in [0.15, 0.2) is 6.29 Å². The Kier molecular flexibility index (Phi) is 2.26. The maximum atomic E-state index is 11.6. The first kappa shape index (κ1) is 9.82. The van der Waals surface area contributed by atoms with E-state index in [4.69, 9.17) is 9.94 Å². The van der Waals surface area contributed by atoms with Crippen LogP contribution in [0, 0.1) is 0 Å². The van der Waals surface area contributed by atoms with Crippen molar-refractivity contribution in [2.75, 3.05) is 0 Å². The molecule has 0 spiro atoms. The van der Waals surface area contributed by atoms with Gasteiger partial charge in [0.2, 0.25) is 0 Å². The maximum Gasteiger partial charge on any atom is 0.285 e. The van der Waals surface area contributed by atoms with Gasteiger partial charge in [-0.05, 0) is 19.1 Å². The van der Waals surface area contributed by atoms with Crippen molar-refractivity contribution in [1.82, 2.24) is 5.06 Å². The topological polar surface area (TPSA) is 66.8 Å². The van der Waals surface area contributed by atoms with E-state index in [0.29, 0.717) is 16.2 Å². The van der Waals surface area contributed by atoms with E-state index in [9.17, 15) is 9.59 Å². The molecule has 0 aromatic heterocycles. The zero-order chi connectivity index (χ0) is 11.0. The summed E-state index contributed by atoms with van der Waals surface area (Å²) < 4.78 is 0. The predicted molar refractivity (Wildman–Crippen MR) is 49.7 cm³/mol. The molecule has 0 radical (unpaired) electrons. The minimum Gasteiger partial charge on any atom is -0.366 e. The third-order valence-corrected chi connectivity index (χ3v) is 2.01. The van der Waals surface area contributed by atoms with E-state index in [-0.39, 0.29) is 0 Å². The molecule has 2 rings (SSSR count). The van der Waals surface area contributed by atoms with Crippen LogP contribution >= 0.6 is 0 Å². The predicted octanol–water partition coefficient (Wildman–Crippen LogP) is 0.552. The van der Waals surface area contributed by atoms with Crippen LogP contribution in [0.4, 0.5) is 0 Å².